The van der Waals surface area contributed by atoms with Crippen molar-refractivity contribution in [1.82, 2.24) is 4.90 Å². The normalized spacial score (nSPS) is 33.2. The maximum atomic E-state index is 12.0. The standard InChI is InChI=1S/C12H16N2O2/c1-8-9(2)11(16)14(10(8)15)12(7-13)5-3-4-6-12/h8-9H,3-6H2,1-2H3. The van der Waals surface area contributed by atoms with E-state index in [1.165, 1.54) is 4.90 Å². The SMILES string of the molecule is CC1C(=O)N(C2(C#N)CCCC2)C(=O)C1C. The van der Waals surface area contributed by atoms with E-state index in [1.807, 2.05) is 0 Å². The van der Waals surface area contributed by atoms with E-state index in [1.54, 1.807) is 13.8 Å². The zero-order chi connectivity index (χ0) is 11.9. The highest BCUT2D eigenvalue weighted by Crippen LogP contribution is 2.40. The van der Waals surface area contributed by atoms with Gasteiger partial charge in [0, 0.05) is 11.8 Å². The second kappa shape index (κ2) is 3.58. The fourth-order valence-corrected chi connectivity index (χ4v) is 2.71. The minimum Gasteiger partial charge on any atom is -0.274 e. The number of carbonyl (C=O) groups is 2. The molecule has 0 aromatic rings. The summed E-state index contributed by atoms with van der Waals surface area (Å²) in [4.78, 5) is 25.3. The molecule has 2 amide bonds. The molecule has 2 rings (SSSR count). The molecule has 1 aliphatic heterocycles. The van der Waals surface area contributed by atoms with Gasteiger partial charge in [-0.05, 0) is 25.7 Å². The van der Waals surface area contributed by atoms with Crippen LogP contribution in [-0.2, 0) is 9.59 Å². The Morgan fingerprint density at radius 2 is 1.62 bits per heavy atom. The number of rotatable bonds is 1. The number of hydrogen-bond donors (Lipinski definition) is 0. The average Bonchev–Trinajstić information content (AvgIpc) is 2.82. The van der Waals surface area contributed by atoms with Crippen LogP contribution in [0.5, 0.6) is 0 Å². The summed E-state index contributed by atoms with van der Waals surface area (Å²) >= 11 is 0. The van der Waals surface area contributed by atoms with Gasteiger partial charge in [0.2, 0.25) is 11.8 Å². The van der Waals surface area contributed by atoms with E-state index in [2.05, 4.69) is 6.07 Å². The Labute approximate surface area is 95.2 Å². The van der Waals surface area contributed by atoms with E-state index in [4.69, 9.17) is 0 Å². The fourth-order valence-electron chi connectivity index (χ4n) is 2.71. The number of amides is 2. The molecule has 0 aromatic carbocycles. The molecule has 2 fully saturated rings. The van der Waals surface area contributed by atoms with Gasteiger partial charge < -0.3 is 0 Å². The molecular weight excluding hydrogens is 204 g/mol. The van der Waals surface area contributed by atoms with Gasteiger partial charge in [-0.25, -0.2) is 0 Å². The van der Waals surface area contributed by atoms with Gasteiger partial charge >= 0.3 is 0 Å². The Kier molecular flexibility index (Phi) is 2.49. The molecule has 0 N–H and O–H groups in total. The number of nitriles is 1. The van der Waals surface area contributed by atoms with E-state index in [-0.39, 0.29) is 23.7 Å². The molecule has 0 aromatic heterocycles. The van der Waals surface area contributed by atoms with Gasteiger partial charge in [-0.3, -0.25) is 14.5 Å². The van der Waals surface area contributed by atoms with Gasteiger partial charge in [-0.2, -0.15) is 5.26 Å². The van der Waals surface area contributed by atoms with E-state index in [0.717, 1.165) is 12.8 Å². The first-order valence-electron chi connectivity index (χ1n) is 5.83. The second-order valence-electron chi connectivity index (χ2n) is 4.94. The summed E-state index contributed by atoms with van der Waals surface area (Å²) in [6.07, 6.45) is 3.13. The zero-order valence-corrected chi connectivity index (χ0v) is 9.69. The molecule has 16 heavy (non-hydrogen) atoms. The van der Waals surface area contributed by atoms with Crippen molar-refractivity contribution in [3.05, 3.63) is 0 Å². The van der Waals surface area contributed by atoms with E-state index < -0.39 is 5.54 Å². The molecule has 1 aliphatic carbocycles. The van der Waals surface area contributed by atoms with Gasteiger partial charge in [0.05, 0.1) is 6.07 Å². The van der Waals surface area contributed by atoms with Crippen LogP contribution in [-0.4, -0.2) is 22.3 Å². The van der Waals surface area contributed by atoms with Crippen molar-refractivity contribution in [3.63, 3.8) is 0 Å². The molecule has 1 saturated carbocycles. The van der Waals surface area contributed by atoms with Crippen LogP contribution in [0.25, 0.3) is 0 Å². The van der Waals surface area contributed by atoms with Crippen molar-refractivity contribution in [3.8, 4) is 6.07 Å². The summed E-state index contributed by atoms with van der Waals surface area (Å²) in [6.45, 7) is 3.54. The Balaban J connectivity index is 2.37. The van der Waals surface area contributed by atoms with Crippen LogP contribution in [0, 0.1) is 23.2 Å². The minimum atomic E-state index is -0.840. The van der Waals surface area contributed by atoms with Crippen LogP contribution >= 0.6 is 0 Å². The van der Waals surface area contributed by atoms with Crippen LogP contribution in [0.4, 0.5) is 0 Å². The smallest absolute Gasteiger partial charge is 0.234 e. The van der Waals surface area contributed by atoms with Crippen molar-refractivity contribution in [2.24, 2.45) is 11.8 Å². The highest BCUT2D eigenvalue weighted by Gasteiger charge is 2.53. The predicted molar refractivity (Wildman–Crippen MR) is 57.0 cm³/mol. The molecule has 1 saturated heterocycles. The maximum absolute atomic E-state index is 12.0. The molecule has 86 valence electrons. The van der Waals surface area contributed by atoms with Gasteiger partial charge in [-0.1, -0.05) is 13.8 Å². The summed E-state index contributed by atoms with van der Waals surface area (Å²) in [5.41, 5.74) is -0.840. The summed E-state index contributed by atoms with van der Waals surface area (Å²) in [5.74, 6) is -0.890. The number of likely N-dealkylation sites (tertiary alicyclic amines) is 1. The first-order valence-corrected chi connectivity index (χ1v) is 5.83. The largest absolute Gasteiger partial charge is 0.274 e. The monoisotopic (exact) mass is 220 g/mol. The first-order chi connectivity index (χ1) is 7.53. The average molecular weight is 220 g/mol. The molecule has 0 spiro atoms. The molecule has 4 nitrogen and oxygen atoms in total. The lowest BCUT2D eigenvalue weighted by atomic mass is 9.97. The van der Waals surface area contributed by atoms with Crippen LogP contribution in [0.15, 0.2) is 0 Å². The Bertz CT molecular complexity index is 357. The van der Waals surface area contributed by atoms with Crippen molar-refractivity contribution in [1.29, 1.82) is 5.26 Å². The predicted octanol–water partition coefficient (Wildman–Crippen LogP) is 1.46. The number of carbonyl (C=O) groups excluding carboxylic acids is 2. The Morgan fingerprint density at radius 3 is 2.00 bits per heavy atom. The lowest BCUT2D eigenvalue weighted by Gasteiger charge is -2.30. The van der Waals surface area contributed by atoms with Crippen molar-refractivity contribution >= 4 is 11.8 Å². The number of hydrogen-bond acceptors (Lipinski definition) is 3. The molecule has 2 atom stereocenters. The van der Waals surface area contributed by atoms with Gasteiger partial charge in [0.15, 0.2) is 0 Å². The van der Waals surface area contributed by atoms with Crippen LogP contribution in [0.1, 0.15) is 39.5 Å². The summed E-state index contributed by atoms with van der Waals surface area (Å²) in [5, 5.41) is 9.29. The molecule has 2 aliphatic rings. The van der Waals surface area contributed by atoms with Crippen molar-refractivity contribution in [2.75, 3.05) is 0 Å². The summed E-state index contributed by atoms with van der Waals surface area (Å²) < 4.78 is 0. The molecular formula is C12H16N2O2. The van der Waals surface area contributed by atoms with Gasteiger partial charge in [0.1, 0.15) is 5.54 Å². The quantitative estimate of drug-likeness (QED) is 0.628. The van der Waals surface area contributed by atoms with E-state index >= 15 is 0 Å². The Hall–Kier alpha value is -1.37. The highest BCUT2D eigenvalue weighted by atomic mass is 16.2. The molecule has 2 unspecified atom stereocenters. The Morgan fingerprint density at radius 1 is 1.19 bits per heavy atom. The lowest BCUT2D eigenvalue weighted by Crippen LogP contribution is -2.49. The van der Waals surface area contributed by atoms with Crippen LogP contribution in [0.2, 0.25) is 0 Å². The zero-order valence-electron chi connectivity index (χ0n) is 9.69. The number of nitrogens with zero attached hydrogens (tertiary/aromatic N) is 2. The van der Waals surface area contributed by atoms with Crippen LogP contribution < -0.4 is 0 Å². The second-order valence-corrected chi connectivity index (χ2v) is 4.94. The lowest BCUT2D eigenvalue weighted by molar-refractivity contribution is -0.144. The third-order valence-electron chi connectivity index (χ3n) is 4.04. The maximum Gasteiger partial charge on any atom is 0.234 e. The van der Waals surface area contributed by atoms with E-state index in [0.29, 0.717) is 12.8 Å². The fraction of sp³-hybridized carbons (Fsp3) is 0.750. The molecule has 4 heteroatoms. The summed E-state index contributed by atoms with van der Waals surface area (Å²) in [7, 11) is 0. The molecule has 0 radical (unpaired) electrons. The minimum absolute atomic E-state index is 0.166. The molecule has 1 heterocycles. The highest BCUT2D eigenvalue weighted by molar-refractivity contribution is 6.05. The third-order valence-corrected chi connectivity index (χ3v) is 4.04. The first kappa shape index (κ1) is 11.1. The summed E-state index contributed by atoms with van der Waals surface area (Å²) in [6, 6.07) is 2.21. The third kappa shape index (κ3) is 1.27. The van der Waals surface area contributed by atoms with Gasteiger partial charge in [0.25, 0.3) is 0 Å². The molecule has 0 bridgehead atoms. The van der Waals surface area contributed by atoms with E-state index in [9.17, 15) is 14.9 Å². The number of imide groups is 1. The van der Waals surface area contributed by atoms with Crippen LogP contribution in [0.3, 0.4) is 0 Å². The van der Waals surface area contributed by atoms with Crippen molar-refractivity contribution < 1.29 is 9.59 Å². The van der Waals surface area contributed by atoms with Gasteiger partial charge in [-0.15, -0.1) is 0 Å². The topological polar surface area (TPSA) is 61.2 Å². The van der Waals surface area contributed by atoms with Crippen molar-refractivity contribution in [2.45, 2.75) is 45.1 Å².